The lowest BCUT2D eigenvalue weighted by atomic mass is 9.94. The Bertz CT molecular complexity index is 717. The van der Waals surface area contributed by atoms with E-state index in [1.165, 1.54) is 0 Å². The molecule has 0 saturated carbocycles. The van der Waals surface area contributed by atoms with Gasteiger partial charge in [0.15, 0.2) is 0 Å². The molecule has 1 unspecified atom stereocenters. The number of aliphatic hydroxyl groups excluding tert-OH is 1. The lowest BCUT2D eigenvalue weighted by molar-refractivity contribution is 0.00448. The summed E-state index contributed by atoms with van der Waals surface area (Å²) in [4.78, 5) is 14.5. The van der Waals surface area contributed by atoms with Crippen LogP contribution in [0.3, 0.4) is 0 Å². The molecule has 30 heavy (non-hydrogen) atoms. The maximum atomic E-state index is 12.9. The predicted molar refractivity (Wildman–Crippen MR) is 124 cm³/mol. The molecule has 1 aromatic rings. The number of hydrogen-bond donors (Lipinski definition) is 1. The molecule has 0 aromatic heterocycles. The van der Waals surface area contributed by atoms with Crippen LogP contribution in [0.15, 0.2) is 18.2 Å². The largest absolute Gasteiger partial charge is 0.542 e. The fourth-order valence-electron chi connectivity index (χ4n) is 4.98. The molecule has 0 spiro atoms. The molecule has 5 nitrogen and oxygen atoms in total. The number of carbonyl (C=O) groups excluding carboxylic acids is 1. The van der Waals surface area contributed by atoms with Gasteiger partial charge < -0.3 is 14.3 Å². The van der Waals surface area contributed by atoms with Gasteiger partial charge in [-0.05, 0) is 55.4 Å². The first kappa shape index (κ1) is 24.7. The molecule has 0 fully saturated rings. The number of benzene rings is 1. The molecule has 170 valence electrons. The van der Waals surface area contributed by atoms with Gasteiger partial charge in [0, 0.05) is 5.56 Å². The van der Waals surface area contributed by atoms with Gasteiger partial charge in [0.2, 0.25) is 0 Å². The third kappa shape index (κ3) is 5.02. The number of aliphatic hydroxyl groups is 1. The highest BCUT2D eigenvalue weighted by Crippen LogP contribution is 2.44. The minimum Gasteiger partial charge on any atom is -0.542 e. The van der Waals surface area contributed by atoms with Crippen LogP contribution >= 0.6 is 0 Å². The summed E-state index contributed by atoms with van der Waals surface area (Å²) in [5, 5.41) is 9.93. The van der Waals surface area contributed by atoms with Crippen molar-refractivity contribution in [2.75, 3.05) is 6.61 Å². The van der Waals surface area contributed by atoms with Gasteiger partial charge in [-0.15, -0.1) is 0 Å². The Kier molecular flexibility index (Phi) is 7.67. The van der Waals surface area contributed by atoms with Crippen molar-refractivity contribution in [1.29, 1.82) is 0 Å². The normalized spacial score (nSPS) is 17.5. The van der Waals surface area contributed by atoms with E-state index < -0.39 is 13.9 Å². The zero-order valence-electron chi connectivity index (χ0n) is 20.3. The third-order valence-corrected chi connectivity index (χ3v) is 12.3. The van der Waals surface area contributed by atoms with Crippen molar-refractivity contribution in [3.05, 3.63) is 29.3 Å². The van der Waals surface area contributed by atoms with Gasteiger partial charge in [-0.3, -0.25) is 4.90 Å². The molecule has 0 radical (unpaired) electrons. The summed E-state index contributed by atoms with van der Waals surface area (Å²) in [5.74, 6) is 0.889. The second-order valence-electron chi connectivity index (χ2n) is 10.5. The average molecular weight is 436 g/mol. The molecular weight excluding hydrogens is 394 g/mol. The summed E-state index contributed by atoms with van der Waals surface area (Å²) in [6.07, 6.45) is 0.212. The van der Waals surface area contributed by atoms with Gasteiger partial charge in [-0.2, -0.15) is 0 Å². The lowest BCUT2D eigenvalue weighted by Gasteiger charge is -2.44. The van der Waals surface area contributed by atoms with Crippen LogP contribution in [0.1, 0.15) is 73.4 Å². The molecule has 1 aromatic carbocycles. The number of nitrogens with zero attached hydrogens (tertiary/aromatic N) is 1. The summed E-state index contributed by atoms with van der Waals surface area (Å²) in [6, 6.07) is 5.87. The Labute approximate surface area is 183 Å². The zero-order valence-corrected chi connectivity index (χ0v) is 21.3. The second-order valence-corrected chi connectivity index (χ2v) is 15.8. The first-order chi connectivity index (χ1) is 13.8. The predicted octanol–water partition coefficient (Wildman–Crippen LogP) is 5.90. The molecule has 1 atom stereocenters. The standard InChI is InChI=1S/C24H41NO4Si/c1-16(2)30(17(3)4,18(5)6)29-22-12-10-11-19-13-20(15-26)25(14-21(19)22)23(27)28-24(7,8)9/h10-12,16-18,20,26H,13-15H2,1-9H3. The molecule has 1 amide bonds. The molecule has 0 aliphatic carbocycles. The minimum absolute atomic E-state index is 0.0908. The highest BCUT2D eigenvalue weighted by Gasteiger charge is 2.47. The quantitative estimate of drug-likeness (QED) is 0.566. The van der Waals surface area contributed by atoms with Crippen molar-refractivity contribution in [2.45, 2.75) is 104 Å². The van der Waals surface area contributed by atoms with Crippen LogP contribution in [0.25, 0.3) is 0 Å². The zero-order chi connectivity index (χ0) is 22.9. The van der Waals surface area contributed by atoms with Crippen LogP contribution in [0.5, 0.6) is 5.75 Å². The van der Waals surface area contributed by atoms with Crippen molar-refractivity contribution in [2.24, 2.45) is 0 Å². The van der Waals surface area contributed by atoms with E-state index in [0.717, 1.165) is 16.9 Å². The van der Waals surface area contributed by atoms with Crippen LogP contribution in [-0.4, -0.2) is 42.7 Å². The van der Waals surface area contributed by atoms with Crippen molar-refractivity contribution in [3.63, 3.8) is 0 Å². The van der Waals surface area contributed by atoms with E-state index in [-0.39, 0.29) is 18.7 Å². The maximum Gasteiger partial charge on any atom is 0.410 e. The summed E-state index contributed by atoms with van der Waals surface area (Å²) in [5.41, 5.74) is 3.00. The van der Waals surface area contributed by atoms with E-state index in [2.05, 4.69) is 47.6 Å². The van der Waals surface area contributed by atoms with Gasteiger partial charge in [-0.25, -0.2) is 4.79 Å². The van der Waals surface area contributed by atoms with Crippen LogP contribution in [0, 0.1) is 0 Å². The van der Waals surface area contributed by atoms with E-state index in [1.807, 2.05) is 32.9 Å². The highest BCUT2D eigenvalue weighted by molar-refractivity contribution is 6.78. The molecule has 1 aliphatic rings. The van der Waals surface area contributed by atoms with E-state index in [1.54, 1.807) is 4.90 Å². The van der Waals surface area contributed by atoms with Crippen LogP contribution in [0.2, 0.25) is 16.6 Å². The number of hydrogen-bond acceptors (Lipinski definition) is 4. The molecule has 2 rings (SSSR count). The first-order valence-electron chi connectivity index (χ1n) is 11.2. The number of rotatable bonds is 6. The minimum atomic E-state index is -2.12. The monoisotopic (exact) mass is 435 g/mol. The van der Waals surface area contributed by atoms with Crippen molar-refractivity contribution in [3.8, 4) is 5.75 Å². The van der Waals surface area contributed by atoms with Gasteiger partial charge >= 0.3 is 6.09 Å². The number of amides is 1. The van der Waals surface area contributed by atoms with Crippen molar-refractivity contribution >= 4 is 14.4 Å². The van der Waals surface area contributed by atoms with Crippen LogP contribution < -0.4 is 4.43 Å². The van der Waals surface area contributed by atoms with E-state index in [0.29, 0.717) is 29.6 Å². The molecule has 1 aliphatic heterocycles. The molecular formula is C24H41NO4Si. The summed E-state index contributed by atoms with van der Waals surface area (Å²) in [6.45, 7) is 19.5. The maximum absolute atomic E-state index is 12.9. The number of carbonyl (C=O) groups is 1. The molecule has 6 heteroatoms. The number of ether oxygens (including phenoxy) is 1. The summed E-state index contributed by atoms with van der Waals surface area (Å²) >= 11 is 0. The van der Waals surface area contributed by atoms with Crippen molar-refractivity contribution < 1.29 is 19.1 Å². The molecule has 1 N–H and O–H groups in total. The van der Waals surface area contributed by atoms with Gasteiger partial charge in [0.1, 0.15) is 11.4 Å². The van der Waals surface area contributed by atoms with E-state index in [4.69, 9.17) is 9.16 Å². The Morgan fingerprint density at radius 3 is 2.17 bits per heavy atom. The molecule has 0 saturated heterocycles. The second kappa shape index (κ2) is 9.31. The van der Waals surface area contributed by atoms with E-state index in [9.17, 15) is 9.90 Å². The third-order valence-electron chi connectivity index (χ3n) is 6.29. The Morgan fingerprint density at radius 2 is 1.70 bits per heavy atom. The first-order valence-corrected chi connectivity index (χ1v) is 13.4. The lowest BCUT2D eigenvalue weighted by Crippen LogP contribution is -2.51. The van der Waals surface area contributed by atoms with Crippen LogP contribution in [-0.2, 0) is 17.7 Å². The van der Waals surface area contributed by atoms with Gasteiger partial charge in [-0.1, -0.05) is 53.7 Å². The fraction of sp³-hybridized carbons (Fsp3) is 0.708. The average Bonchev–Trinajstić information content (AvgIpc) is 2.62. The topological polar surface area (TPSA) is 59.0 Å². The Hall–Kier alpha value is -1.53. The smallest absolute Gasteiger partial charge is 0.410 e. The summed E-state index contributed by atoms with van der Waals surface area (Å²) in [7, 11) is -2.12. The van der Waals surface area contributed by atoms with E-state index >= 15 is 0 Å². The van der Waals surface area contributed by atoms with Crippen molar-refractivity contribution in [1.82, 2.24) is 4.90 Å². The van der Waals surface area contributed by atoms with Gasteiger partial charge in [0.05, 0.1) is 19.2 Å². The number of fused-ring (bicyclic) bond motifs is 1. The highest BCUT2D eigenvalue weighted by atomic mass is 28.4. The fourth-order valence-corrected chi connectivity index (χ4v) is 10.3. The Morgan fingerprint density at radius 1 is 1.13 bits per heavy atom. The van der Waals surface area contributed by atoms with Crippen LogP contribution in [0.4, 0.5) is 4.79 Å². The molecule has 0 bridgehead atoms. The summed E-state index contributed by atoms with van der Waals surface area (Å²) < 4.78 is 12.6. The van der Waals surface area contributed by atoms with Gasteiger partial charge in [0.25, 0.3) is 8.32 Å². The Balaban J connectivity index is 2.46. The SMILES string of the molecule is CC(C)[Si](Oc1cccc2c1CN(C(=O)OC(C)(C)C)C(CO)C2)(C(C)C)C(C)C. The molecule has 1 heterocycles.